The van der Waals surface area contributed by atoms with Gasteiger partial charge in [-0.3, -0.25) is 4.79 Å². The maximum absolute atomic E-state index is 13.0. The van der Waals surface area contributed by atoms with Crippen molar-refractivity contribution >= 4 is 11.6 Å². The van der Waals surface area contributed by atoms with Crippen molar-refractivity contribution in [3.8, 4) is 5.75 Å². The van der Waals surface area contributed by atoms with Crippen molar-refractivity contribution in [2.45, 2.75) is 70.0 Å². The number of amides is 1. The van der Waals surface area contributed by atoms with Crippen molar-refractivity contribution in [3.63, 3.8) is 0 Å². The van der Waals surface area contributed by atoms with Gasteiger partial charge in [-0.1, -0.05) is 6.07 Å². The number of hydrogen-bond acceptors (Lipinski definition) is 7. The molecular weight excluding hydrogens is 354 g/mol. The predicted molar refractivity (Wildman–Crippen MR) is 94.1 cm³/mol. The van der Waals surface area contributed by atoms with Crippen LogP contribution in [0.5, 0.6) is 5.75 Å². The zero-order chi connectivity index (χ0) is 19.4. The van der Waals surface area contributed by atoms with Crippen LogP contribution in [0.3, 0.4) is 0 Å². The first-order chi connectivity index (χ1) is 12.7. The molecule has 0 aromatic heterocycles. The minimum absolute atomic E-state index is 0.341. The zero-order valence-electron chi connectivity index (χ0n) is 16.1. The molecule has 3 saturated heterocycles. The third-order valence-corrected chi connectivity index (χ3v) is 4.75. The highest BCUT2D eigenvalue weighted by Gasteiger charge is 2.62. The van der Waals surface area contributed by atoms with E-state index in [0.717, 1.165) is 0 Å². The fourth-order valence-corrected chi connectivity index (χ4v) is 3.74. The molecule has 4 rings (SSSR count). The van der Waals surface area contributed by atoms with Gasteiger partial charge in [0.15, 0.2) is 24.0 Å². The molecule has 1 amide bonds. The number of nitrogens with one attached hydrogen (secondary N) is 1. The highest BCUT2D eigenvalue weighted by atomic mass is 16.9. The molecule has 3 heterocycles. The van der Waals surface area contributed by atoms with Crippen LogP contribution in [0.25, 0.3) is 0 Å². The van der Waals surface area contributed by atoms with Crippen LogP contribution in [-0.4, -0.2) is 55.3 Å². The van der Waals surface area contributed by atoms with E-state index >= 15 is 0 Å². The van der Waals surface area contributed by atoms with E-state index in [0.29, 0.717) is 11.4 Å². The summed E-state index contributed by atoms with van der Waals surface area (Å²) in [4.78, 5) is 13.0. The Bertz CT molecular complexity index is 735. The van der Waals surface area contributed by atoms with E-state index in [2.05, 4.69) is 5.32 Å². The standard InChI is InChI=1S/C19H25NO7/c1-18(2)24-12-13(25-18)15-17(27-19(3,4)26-15)23-14(12)16(21)20-10-7-6-8-11(9-10)22-5/h6-9,12-15,17H,1-5H3,(H,20,21)/t12-,13+,14+,15+,17+/m0/s1. The molecule has 0 saturated carbocycles. The molecular formula is C19H25NO7. The normalized spacial score (nSPS) is 36.0. The van der Waals surface area contributed by atoms with E-state index in [4.69, 9.17) is 28.4 Å². The van der Waals surface area contributed by atoms with E-state index in [1.807, 2.05) is 0 Å². The largest absolute Gasteiger partial charge is 0.497 e. The number of fused-ring (bicyclic) bond motifs is 3. The Balaban J connectivity index is 1.57. The second-order valence-corrected chi connectivity index (χ2v) is 7.81. The molecule has 3 fully saturated rings. The maximum Gasteiger partial charge on any atom is 0.256 e. The van der Waals surface area contributed by atoms with Crippen molar-refractivity contribution in [1.29, 1.82) is 0 Å². The summed E-state index contributed by atoms with van der Waals surface area (Å²) in [6, 6.07) is 7.10. The fourth-order valence-electron chi connectivity index (χ4n) is 3.74. The Labute approximate surface area is 158 Å². The van der Waals surface area contributed by atoms with Crippen molar-refractivity contribution in [1.82, 2.24) is 0 Å². The van der Waals surface area contributed by atoms with E-state index in [1.54, 1.807) is 59.1 Å². The number of rotatable bonds is 3. The number of carbonyl (C=O) groups is 1. The first-order valence-electron chi connectivity index (χ1n) is 8.99. The van der Waals surface area contributed by atoms with Crippen LogP contribution >= 0.6 is 0 Å². The highest BCUT2D eigenvalue weighted by molar-refractivity contribution is 5.95. The molecule has 8 heteroatoms. The topological polar surface area (TPSA) is 84.5 Å². The second kappa shape index (κ2) is 6.42. The Morgan fingerprint density at radius 1 is 1.00 bits per heavy atom. The number of methoxy groups -OCH3 is 1. The average molecular weight is 379 g/mol. The van der Waals surface area contributed by atoms with Gasteiger partial charge in [-0.05, 0) is 39.8 Å². The molecule has 0 spiro atoms. The van der Waals surface area contributed by atoms with Gasteiger partial charge < -0.3 is 33.7 Å². The number of anilines is 1. The van der Waals surface area contributed by atoms with Gasteiger partial charge in [0, 0.05) is 11.8 Å². The summed E-state index contributed by atoms with van der Waals surface area (Å²) in [7, 11) is 1.57. The van der Waals surface area contributed by atoms with Crippen molar-refractivity contribution in [2.75, 3.05) is 12.4 Å². The summed E-state index contributed by atoms with van der Waals surface area (Å²) in [6.07, 6.45) is -3.15. The molecule has 5 atom stereocenters. The third-order valence-electron chi connectivity index (χ3n) is 4.75. The van der Waals surface area contributed by atoms with Crippen LogP contribution in [0.1, 0.15) is 27.7 Å². The molecule has 0 radical (unpaired) electrons. The van der Waals surface area contributed by atoms with Gasteiger partial charge in [0.25, 0.3) is 5.91 Å². The minimum Gasteiger partial charge on any atom is -0.497 e. The number of hydrogen-bond donors (Lipinski definition) is 1. The Hall–Kier alpha value is -1.71. The Morgan fingerprint density at radius 2 is 1.67 bits per heavy atom. The van der Waals surface area contributed by atoms with Gasteiger partial charge in [0.05, 0.1) is 7.11 Å². The average Bonchev–Trinajstić information content (AvgIpc) is 3.08. The van der Waals surface area contributed by atoms with Crippen molar-refractivity contribution in [3.05, 3.63) is 24.3 Å². The molecule has 1 aromatic carbocycles. The summed E-state index contributed by atoms with van der Waals surface area (Å²) < 4.78 is 34.9. The SMILES string of the molecule is COc1cccc(NC(=O)[C@@H]2O[C@@H]3OC(C)(C)O[C@@H]3[C@@H]3OC(C)(C)O[C@@H]32)c1. The zero-order valence-corrected chi connectivity index (χ0v) is 16.1. The smallest absolute Gasteiger partial charge is 0.256 e. The first kappa shape index (κ1) is 18.6. The van der Waals surface area contributed by atoms with E-state index in [1.165, 1.54) is 0 Å². The van der Waals surface area contributed by atoms with Crippen LogP contribution < -0.4 is 10.1 Å². The molecule has 1 N–H and O–H groups in total. The van der Waals surface area contributed by atoms with Gasteiger partial charge in [0.2, 0.25) is 0 Å². The van der Waals surface area contributed by atoms with E-state index in [-0.39, 0.29) is 5.91 Å². The highest BCUT2D eigenvalue weighted by Crippen LogP contribution is 2.44. The van der Waals surface area contributed by atoms with Crippen molar-refractivity contribution < 1.29 is 33.2 Å². The minimum atomic E-state index is -0.901. The van der Waals surface area contributed by atoms with Gasteiger partial charge in [-0.25, -0.2) is 0 Å². The lowest BCUT2D eigenvalue weighted by molar-refractivity contribution is -0.229. The maximum atomic E-state index is 13.0. The lowest BCUT2D eigenvalue weighted by Crippen LogP contribution is -2.58. The van der Waals surface area contributed by atoms with Crippen molar-refractivity contribution in [2.24, 2.45) is 0 Å². The lowest BCUT2D eigenvalue weighted by atomic mass is 9.98. The summed E-state index contributed by atoms with van der Waals surface area (Å²) in [5.41, 5.74) is 0.601. The monoisotopic (exact) mass is 379 g/mol. The van der Waals surface area contributed by atoms with Crippen LogP contribution in [0.4, 0.5) is 5.69 Å². The molecule has 148 valence electrons. The summed E-state index contributed by atoms with van der Waals surface area (Å²) >= 11 is 0. The Kier molecular flexibility index (Phi) is 4.44. The first-order valence-corrected chi connectivity index (χ1v) is 8.99. The molecule has 8 nitrogen and oxygen atoms in total. The van der Waals surface area contributed by atoms with Gasteiger partial charge >= 0.3 is 0 Å². The predicted octanol–water partition coefficient (Wildman–Crippen LogP) is 2.03. The Morgan fingerprint density at radius 3 is 2.41 bits per heavy atom. The number of ether oxygens (including phenoxy) is 6. The molecule has 0 unspecified atom stereocenters. The van der Waals surface area contributed by atoms with E-state index < -0.39 is 42.3 Å². The molecule has 3 aliphatic heterocycles. The molecule has 27 heavy (non-hydrogen) atoms. The molecule has 0 aliphatic carbocycles. The van der Waals surface area contributed by atoms with E-state index in [9.17, 15) is 4.79 Å². The second-order valence-electron chi connectivity index (χ2n) is 7.81. The summed E-state index contributed by atoms with van der Waals surface area (Å²) in [5, 5.41) is 2.85. The fraction of sp³-hybridized carbons (Fsp3) is 0.632. The van der Waals surface area contributed by atoms with Gasteiger partial charge in [-0.15, -0.1) is 0 Å². The third kappa shape index (κ3) is 3.55. The molecule has 3 aliphatic rings. The van der Waals surface area contributed by atoms with Crippen LogP contribution in [0, 0.1) is 0 Å². The van der Waals surface area contributed by atoms with Crippen LogP contribution in [0.15, 0.2) is 24.3 Å². The molecule has 1 aromatic rings. The number of carbonyl (C=O) groups excluding carboxylic acids is 1. The van der Waals surface area contributed by atoms with Crippen LogP contribution in [0.2, 0.25) is 0 Å². The summed E-state index contributed by atoms with van der Waals surface area (Å²) in [5.74, 6) is -1.37. The quantitative estimate of drug-likeness (QED) is 0.860. The number of benzene rings is 1. The summed E-state index contributed by atoms with van der Waals surface area (Å²) in [6.45, 7) is 7.21. The van der Waals surface area contributed by atoms with Crippen LogP contribution in [-0.2, 0) is 28.5 Å². The molecule has 0 bridgehead atoms. The lowest BCUT2D eigenvalue weighted by Gasteiger charge is -2.36. The van der Waals surface area contributed by atoms with Gasteiger partial charge in [-0.2, -0.15) is 0 Å². The van der Waals surface area contributed by atoms with Gasteiger partial charge in [0.1, 0.15) is 24.1 Å².